The number of carbonyl (C=O) groups excluding carboxylic acids is 1. The van der Waals surface area contributed by atoms with Crippen molar-refractivity contribution >= 4 is 5.78 Å². The van der Waals surface area contributed by atoms with E-state index >= 15 is 0 Å². The molecule has 0 amide bonds. The molecule has 0 N–H and O–H groups in total. The molecule has 1 unspecified atom stereocenters. The molecule has 2 aliphatic rings. The van der Waals surface area contributed by atoms with Crippen molar-refractivity contribution in [3.8, 4) is 0 Å². The standard InChI is InChI=1S/C17H26N2O2/c1-17(2)9-7-12(8-10-17)16-18-15(21-19-16)11-13-5-3-4-6-14(13)20/h12-13H,3-11H2,1-2H3. The Morgan fingerprint density at radius 2 is 1.95 bits per heavy atom. The quantitative estimate of drug-likeness (QED) is 0.842. The van der Waals surface area contributed by atoms with Gasteiger partial charge in [-0.2, -0.15) is 4.98 Å². The zero-order chi connectivity index (χ0) is 14.9. The van der Waals surface area contributed by atoms with E-state index in [9.17, 15) is 4.79 Å². The molecule has 2 aliphatic carbocycles. The smallest absolute Gasteiger partial charge is 0.227 e. The molecule has 4 nitrogen and oxygen atoms in total. The van der Waals surface area contributed by atoms with E-state index in [0.29, 0.717) is 29.4 Å². The molecule has 116 valence electrons. The summed E-state index contributed by atoms with van der Waals surface area (Å²) in [5.74, 6) is 2.45. The molecule has 1 heterocycles. The van der Waals surface area contributed by atoms with Gasteiger partial charge in [-0.3, -0.25) is 4.79 Å². The highest BCUT2D eigenvalue weighted by Gasteiger charge is 2.31. The molecule has 3 rings (SSSR count). The first-order valence-corrected chi connectivity index (χ1v) is 8.39. The summed E-state index contributed by atoms with van der Waals surface area (Å²) >= 11 is 0. The van der Waals surface area contributed by atoms with E-state index < -0.39 is 0 Å². The Hall–Kier alpha value is -1.19. The Labute approximate surface area is 126 Å². The molecule has 2 fully saturated rings. The van der Waals surface area contributed by atoms with E-state index in [2.05, 4.69) is 24.0 Å². The van der Waals surface area contributed by atoms with Gasteiger partial charge in [0.1, 0.15) is 5.78 Å². The second-order valence-electron chi connectivity index (χ2n) is 7.60. The van der Waals surface area contributed by atoms with Crippen LogP contribution in [0.3, 0.4) is 0 Å². The zero-order valence-electron chi connectivity index (χ0n) is 13.2. The summed E-state index contributed by atoms with van der Waals surface area (Å²) in [6.07, 6.45) is 9.28. The second-order valence-corrected chi connectivity index (χ2v) is 7.60. The molecule has 0 aromatic carbocycles. The molecule has 1 aromatic rings. The van der Waals surface area contributed by atoms with Crippen LogP contribution in [0.1, 0.15) is 82.8 Å². The van der Waals surface area contributed by atoms with E-state index in [1.165, 1.54) is 12.8 Å². The number of aromatic nitrogens is 2. The van der Waals surface area contributed by atoms with Crippen molar-refractivity contribution in [1.82, 2.24) is 10.1 Å². The van der Waals surface area contributed by atoms with Gasteiger partial charge in [0.05, 0.1) is 0 Å². The lowest BCUT2D eigenvalue weighted by Gasteiger charge is -2.32. The van der Waals surface area contributed by atoms with Crippen molar-refractivity contribution in [3.05, 3.63) is 11.7 Å². The minimum Gasteiger partial charge on any atom is -0.339 e. The van der Waals surface area contributed by atoms with Crippen LogP contribution in [0.25, 0.3) is 0 Å². The Balaban J connectivity index is 1.60. The van der Waals surface area contributed by atoms with Crippen LogP contribution in [0.2, 0.25) is 0 Å². The first-order chi connectivity index (χ1) is 10.0. The van der Waals surface area contributed by atoms with Gasteiger partial charge in [0.15, 0.2) is 5.82 Å². The number of rotatable bonds is 3. The van der Waals surface area contributed by atoms with Crippen LogP contribution in [-0.2, 0) is 11.2 Å². The summed E-state index contributed by atoms with van der Waals surface area (Å²) in [5.41, 5.74) is 0.456. The Morgan fingerprint density at radius 3 is 2.67 bits per heavy atom. The number of hydrogen-bond donors (Lipinski definition) is 0. The number of nitrogens with zero attached hydrogens (tertiary/aromatic N) is 2. The molecule has 1 aromatic heterocycles. The molecular formula is C17H26N2O2. The van der Waals surface area contributed by atoms with Crippen LogP contribution in [0.4, 0.5) is 0 Å². The molecule has 4 heteroatoms. The number of carbonyl (C=O) groups is 1. The third-order valence-corrected chi connectivity index (χ3v) is 5.29. The van der Waals surface area contributed by atoms with Crippen LogP contribution in [-0.4, -0.2) is 15.9 Å². The van der Waals surface area contributed by atoms with Gasteiger partial charge in [-0.25, -0.2) is 0 Å². The number of hydrogen-bond acceptors (Lipinski definition) is 4. The van der Waals surface area contributed by atoms with E-state index in [-0.39, 0.29) is 5.92 Å². The summed E-state index contributed by atoms with van der Waals surface area (Å²) in [6, 6.07) is 0. The van der Waals surface area contributed by atoms with Crippen molar-refractivity contribution in [2.24, 2.45) is 11.3 Å². The number of ketones is 1. The zero-order valence-corrected chi connectivity index (χ0v) is 13.2. The molecular weight excluding hydrogens is 264 g/mol. The normalized spacial score (nSPS) is 27.0. The van der Waals surface area contributed by atoms with Gasteiger partial charge in [0.2, 0.25) is 5.89 Å². The molecule has 2 saturated carbocycles. The predicted molar refractivity (Wildman–Crippen MR) is 80.0 cm³/mol. The lowest BCUT2D eigenvalue weighted by atomic mass is 9.73. The van der Waals surface area contributed by atoms with Crippen molar-refractivity contribution in [3.63, 3.8) is 0 Å². The summed E-state index contributed by atoms with van der Waals surface area (Å²) in [6.45, 7) is 4.67. The summed E-state index contributed by atoms with van der Waals surface area (Å²) < 4.78 is 5.41. The first kappa shape index (κ1) is 14.7. The molecule has 21 heavy (non-hydrogen) atoms. The lowest BCUT2D eigenvalue weighted by molar-refractivity contribution is -0.124. The van der Waals surface area contributed by atoms with Gasteiger partial charge >= 0.3 is 0 Å². The maximum atomic E-state index is 11.9. The fourth-order valence-electron chi connectivity index (χ4n) is 3.66. The van der Waals surface area contributed by atoms with Crippen LogP contribution in [0.5, 0.6) is 0 Å². The van der Waals surface area contributed by atoms with Crippen molar-refractivity contribution in [2.45, 2.75) is 77.6 Å². The summed E-state index contributed by atoms with van der Waals surface area (Å²) in [5, 5.41) is 4.18. The minimum absolute atomic E-state index is 0.109. The SMILES string of the molecule is CC1(C)CCC(c2noc(CC3CCCCC3=O)n2)CC1. The van der Waals surface area contributed by atoms with E-state index in [1.54, 1.807) is 0 Å². The van der Waals surface area contributed by atoms with Crippen molar-refractivity contribution in [2.75, 3.05) is 0 Å². The second kappa shape index (κ2) is 5.90. The highest BCUT2D eigenvalue weighted by Crippen LogP contribution is 2.41. The lowest BCUT2D eigenvalue weighted by Crippen LogP contribution is -2.21. The van der Waals surface area contributed by atoms with Gasteiger partial charge in [0, 0.05) is 24.7 Å². The fourth-order valence-corrected chi connectivity index (χ4v) is 3.66. The maximum Gasteiger partial charge on any atom is 0.227 e. The van der Waals surface area contributed by atoms with E-state index in [4.69, 9.17) is 4.52 Å². The molecule has 0 saturated heterocycles. The molecule has 0 aliphatic heterocycles. The van der Waals surface area contributed by atoms with Crippen LogP contribution < -0.4 is 0 Å². The van der Waals surface area contributed by atoms with Crippen molar-refractivity contribution in [1.29, 1.82) is 0 Å². The highest BCUT2D eigenvalue weighted by atomic mass is 16.5. The van der Waals surface area contributed by atoms with Crippen LogP contribution >= 0.6 is 0 Å². The Bertz CT molecular complexity index is 497. The number of Topliss-reactive ketones (excluding diaryl/α,β-unsaturated/α-hetero) is 1. The maximum absolute atomic E-state index is 11.9. The monoisotopic (exact) mass is 290 g/mol. The molecule has 0 bridgehead atoms. The van der Waals surface area contributed by atoms with Crippen LogP contribution in [0.15, 0.2) is 4.52 Å². The highest BCUT2D eigenvalue weighted by molar-refractivity contribution is 5.81. The summed E-state index contributed by atoms with van der Waals surface area (Å²) in [7, 11) is 0. The molecule has 1 atom stereocenters. The fraction of sp³-hybridized carbons (Fsp3) is 0.824. The average molecular weight is 290 g/mol. The summed E-state index contributed by atoms with van der Waals surface area (Å²) in [4.78, 5) is 16.5. The first-order valence-electron chi connectivity index (χ1n) is 8.39. The van der Waals surface area contributed by atoms with E-state index in [1.807, 2.05) is 0 Å². The Morgan fingerprint density at radius 1 is 1.19 bits per heavy atom. The van der Waals surface area contributed by atoms with Gasteiger partial charge in [0.25, 0.3) is 0 Å². The van der Waals surface area contributed by atoms with E-state index in [0.717, 1.165) is 44.3 Å². The minimum atomic E-state index is 0.109. The molecule has 0 spiro atoms. The van der Waals surface area contributed by atoms with Gasteiger partial charge in [-0.1, -0.05) is 25.4 Å². The van der Waals surface area contributed by atoms with Gasteiger partial charge in [-0.15, -0.1) is 0 Å². The third-order valence-electron chi connectivity index (χ3n) is 5.29. The Kier molecular flexibility index (Phi) is 4.14. The third kappa shape index (κ3) is 3.53. The average Bonchev–Trinajstić information content (AvgIpc) is 2.90. The van der Waals surface area contributed by atoms with Crippen LogP contribution in [0, 0.1) is 11.3 Å². The largest absolute Gasteiger partial charge is 0.339 e. The predicted octanol–water partition coefficient (Wildman–Crippen LogP) is 4.06. The van der Waals surface area contributed by atoms with Gasteiger partial charge < -0.3 is 4.52 Å². The van der Waals surface area contributed by atoms with Crippen molar-refractivity contribution < 1.29 is 9.32 Å². The molecule has 0 radical (unpaired) electrons. The van der Waals surface area contributed by atoms with Gasteiger partial charge in [-0.05, 0) is 43.9 Å². The topological polar surface area (TPSA) is 56.0 Å².